The lowest BCUT2D eigenvalue weighted by molar-refractivity contribution is 0.0604. The number of H-pyrrole nitrogens is 1. The zero-order valence-corrected chi connectivity index (χ0v) is 25.4. The van der Waals surface area contributed by atoms with Gasteiger partial charge in [0.1, 0.15) is 22.6 Å². The molecule has 1 aromatic carbocycles. The number of carbonyl (C=O) groups excluding carboxylic acids is 2. The molecule has 1 atom stereocenters. The molecule has 1 aliphatic heterocycles. The fourth-order valence-electron chi connectivity index (χ4n) is 5.59. The Balaban J connectivity index is 1.28. The molecule has 0 radical (unpaired) electrons. The SMILES string of the molecule is CC(C)(C)OC(=O)N=CC1CCCN(c2ccnc3c(F)cc(-c4c[nH]c5ncc(C(=O)NCc6cccnc6)cc45)cc23)C1. The molecular formula is C34H34FN7O3. The third kappa shape index (κ3) is 6.82. The zero-order chi connectivity index (χ0) is 31.6. The minimum atomic E-state index is -0.611. The number of aromatic nitrogens is 4. The molecule has 0 bridgehead atoms. The highest BCUT2D eigenvalue weighted by Gasteiger charge is 2.23. The van der Waals surface area contributed by atoms with Crippen molar-refractivity contribution in [2.24, 2.45) is 10.9 Å². The minimum Gasteiger partial charge on any atom is -0.442 e. The van der Waals surface area contributed by atoms with Crippen LogP contribution in [0, 0.1) is 11.7 Å². The van der Waals surface area contributed by atoms with Crippen LogP contribution in [0.15, 0.2) is 72.4 Å². The van der Waals surface area contributed by atoms with E-state index in [1.165, 1.54) is 12.3 Å². The number of pyridine rings is 3. The third-order valence-corrected chi connectivity index (χ3v) is 7.64. The van der Waals surface area contributed by atoms with Crippen LogP contribution >= 0.6 is 0 Å². The molecule has 1 saturated heterocycles. The summed E-state index contributed by atoms with van der Waals surface area (Å²) >= 11 is 0. The van der Waals surface area contributed by atoms with Crippen molar-refractivity contribution in [2.75, 3.05) is 18.0 Å². The number of ether oxygens (including phenoxy) is 1. The number of amides is 2. The first kappa shape index (κ1) is 29.9. The van der Waals surface area contributed by atoms with Crippen LogP contribution in [-0.2, 0) is 11.3 Å². The van der Waals surface area contributed by atoms with Gasteiger partial charge in [-0.2, -0.15) is 4.99 Å². The van der Waals surface area contributed by atoms with Gasteiger partial charge in [0.2, 0.25) is 0 Å². The van der Waals surface area contributed by atoms with E-state index in [1.54, 1.807) is 57.8 Å². The van der Waals surface area contributed by atoms with Crippen LogP contribution in [0.5, 0.6) is 0 Å². The van der Waals surface area contributed by atoms with E-state index >= 15 is 4.39 Å². The lowest BCUT2D eigenvalue weighted by Crippen LogP contribution is -2.36. The van der Waals surface area contributed by atoms with Gasteiger partial charge in [-0.1, -0.05) is 6.07 Å². The largest absolute Gasteiger partial charge is 0.442 e. The number of benzene rings is 1. The van der Waals surface area contributed by atoms with Crippen LogP contribution in [0.4, 0.5) is 14.9 Å². The lowest BCUT2D eigenvalue weighted by atomic mass is 9.97. The van der Waals surface area contributed by atoms with E-state index in [9.17, 15) is 9.59 Å². The van der Waals surface area contributed by atoms with E-state index in [2.05, 4.69) is 35.1 Å². The second-order valence-corrected chi connectivity index (χ2v) is 12.2. The van der Waals surface area contributed by atoms with Gasteiger partial charge in [-0.3, -0.25) is 14.8 Å². The summed E-state index contributed by atoms with van der Waals surface area (Å²) in [4.78, 5) is 47.3. The van der Waals surface area contributed by atoms with Crippen molar-refractivity contribution in [2.45, 2.75) is 45.8 Å². The van der Waals surface area contributed by atoms with Gasteiger partial charge in [-0.15, -0.1) is 0 Å². The monoisotopic (exact) mass is 607 g/mol. The van der Waals surface area contributed by atoms with Gasteiger partial charge in [0.05, 0.1) is 5.56 Å². The molecule has 6 rings (SSSR count). The Morgan fingerprint density at radius 3 is 2.82 bits per heavy atom. The predicted molar refractivity (Wildman–Crippen MR) is 172 cm³/mol. The van der Waals surface area contributed by atoms with E-state index in [0.29, 0.717) is 40.6 Å². The number of carbonyl (C=O) groups is 2. The first-order valence-corrected chi connectivity index (χ1v) is 14.9. The van der Waals surface area contributed by atoms with Gasteiger partial charge < -0.3 is 19.9 Å². The summed E-state index contributed by atoms with van der Waals surface area (Å²) in [6.45, 7) is 7.14. The number of rotatable bonds is 6. The van der Waals surface area contributed by atoms with Crippen LogP contribution in [0.25, 0.3) is 33.1 Å². The molecule has 11 heteroatoms. The molecule has 2 N–H and O–H groups in total. The zero-order valence-electron chi connectivity index (χ0n) is 25.4. The Bertz CT molecular complexity index is 1900. The first-order valence-electron chi connectivity index (χ1n) is 14.9. The summed E-state index contributed by atoms with van der Waals surface area (Å²) in [5.74, 6) is -0.687. The molecule has 0 saturated carbocycles. The van der Waals surface area contributed by atoms with Crippen LogP contribution in [-0.4, -0.2) is 56.8 Å². The Morgan fingerprint density at radius 1 is 1.16 bits per heavy atom. The minimum absolute atomic E-state index is 0.0323. The molecule has 1 unspecified atom stereocenters. The van der Waals surface area contributed by atoms with Crippen LogP contribution in [0.2, 0.25) is 0 Å². The number of piperidine rings is 1. The van der Waals surface area contributed by atoms with E-state index in [0.717, 1.165) is 36.2 Å². The Hall–Kier alpha value is -5.19. The maximum atomic E-state index is 15.6. The summed E-state index contributed by atoms with van der Waals surface area (Å²) in [5.41, 5.74) is 3.73. The van der Waals surface area contributed by atoms with Gasteiger partial charge in [0.25, 0.3) is 5.91 Å². The van der Waals surface area contributed by atoms with E-state index in [-0.39, 0.29) is 17.3 Å². The van der Waals surface area contributed by atoms with Crippen molar-refractivity contribution in [1.29, 1.82) is 0 Å². The number of hydrogen-bond donors (Lipinski definition) is 2. The normalized spacial score (nSPS) is 15.6. The Labute approximate surface area is 259 Å². The molecular weight excluding hydrogens is 573 g/mol. The molecule has 5 aromatic rings. The maximum absolute atomic E-state index is 15.6. The highest BCUT2D eigenvalue weighted by atomic mass is 19.1. The molecule has 1 fully saturated rings. The van der Waals surface area contributed by atoms with Gasteiger partial charge >= 0.3 is 6.09 Å². The smallest absolute Gasteiger partial charge is 0.433 e. The summed E-state index contributed by atoms with van der Waals surface area (Å²) in [6.07, 6.45) is 11.1. The topological polar surface area (TPSA) is 125 Å². The van der Waals surface area contributed by atoms with Crippen molar-refractivity contribution < 1.29 is 18.7 Å². The van der Waals surface area contributed by atoms with Gasteiger partial charge in [0.15, 0.2) is 0 Å². The fraction of sp³-hybridized carbons (Fsp3) is 0.294. The number of hydrogen-bond acceptors (Lipinski definition) is 7. The first-order chi connectivity index (χ1) is 21.6. The van der Waals surface area contributed by atoms with E-state index in [4.69, 9.17) is 4.74 Å². The number of aliphatic imine (C=N–C) groups is 1. The number of aromatic amines is 1. The summed E-state index contributed by atoms with van der Waals surface area (Å²) in [6, 6.07) is 10.7. The second-order valence-electron chi connectivity index (χ2n) is 12.2. The maximum Gasteiger partial charge on any atom is 0.433 e. The number of nitrogens with zero attached hydrogens (tertiary/aromatic N) is 5. The molecule has 10 nitrogen and oxygen atoms in total. The molecule has 0 aliphatic carbocycles. The second kappa shape index (κ2) is 12.4. The number of halogens is 1. The van der Waals surface area contributed by atoms with Gasteiger partial charge in [-0.25, -0.2) is 14.2 Å². The van der Waals surface area contributed by atoms with Crippen LogP contribution < -0.4 is 10.2 Å². The number of anilines is 1. The van der Waals surface area contributed by atoms with Crippen molar-refractivity contribution in [1.82, 2.24) is 25.3 Å². The number of fused-ring (bicyclic) bond motifs is 2. The molecule has 1 aliphatic rings. The Kier molecular flexibility index (Phi) is 8.25. The summed E-state index contributed by atoms with van der Waals surface area (Å²) in [7, 11) is 0. The van der Waals surface area contributed by atoms with E-state index in [1.807, 2.05) is 24.3 Å². The molecule has 230 valence electrons. The molecule has 5 heterocycles. The lowest BCUT2D eigenvalue weighted by Gasteiger charge is -2.33. The average molecular weight is 608 g/mol. The summed E-state index contributed by atoms with van der Waals surface area (Å²) < 4.78 is 20.9. The van der Waals surface area contributed by atoms with Crippen LogP contribution in [0.3, 0.4) is 0 Å². The van der Waals surface area contributed by atoms with Crippen molar-refractivity contribution in [3.05, 3.63) is 84.3 Å². The Morgan fingerprint density at radius 2 is 2.02 bits per heavy atom. The molecule has 4 aromatic heterocycles. The number of nitrogens with one attached hydrogen (secondary N) is 2. The van der Waals surface area contributed by atoms with Crippen molar-refractivity contribution in [3.63, 3.8) is 0 Å². The quantitative estimate of drug-likeness (QED) is 0.212. The standard InChI is InChI=1S/C34H34FN7O3/c1-34(2,3)45-33(44)41-17-22-7-5-11-42(20-22)29-8-10-37-30-26(29)12-23(14-28(30)35)27-19-39-31-25(27)13-24(18-38-31)32(43)40-16-21-6-4-9-36-15-21/h4,6,8-10,12-15,17-19,22H,5,7,11,16,20H2,1-3H3,(H,38,39)(H,40,43). The van der Waals surface area contributed by atoms with E-state index < -0.39 is 17.5 Å². The highest BCUT2D eigenvalue weighted by Crippen LogP contribution is 2.36. The van der Waals surface area contributed by atoms with Crippen molar-refractivity contribution in [3.8, 4) is 11.1 Å². The van der Waals surface area contributed by atoms with Gasteiger partial charge in [0, 0.05) is 84.8 Å². The van der Waals surface area contributed by atoms with Crippen molar-refractivity contribution >= 4 is 45.8 Å². The average Bonchev–Trinajstić information content (AvgIpc) is 3.46. The summed E-state index contributed by atoms with van der Waals surface area (Å²) in [5, 5.41) is 4.27. The molecule has 0 spiro atoms. The fourth-order valence-corrected chi connectivity index (χ4v) is 5.59. The van der Waals surface area contributed by atoms with Gasteiger partial charge in [-0.05, 0) is 75.1 Å². The van der Waals surface area contributed by atoms with Crippen LogP contribution in [0.1, 0.15) is 49.5 Å². The molecule has 45 heavy (non-hydrogen) atoms. The predicted octanol–water partition coefficient (Wildman–Crippen LogP) is 6.46. The molecule has 2 amide bonds. The highest BCUT2D eigenvalue weighted by molar-refractivity contribution is 6.03. The third-order valence-electron chi connectivity index (χ3n) is 7.64.